The number of hydrogen-bond acceptors (Lipinski definition) is 4. The van der Waals surface area contributed by atoms with Gasteiger partial charge in [0.25, 0.3) is 0 Å². The van der Waals surface area contributed by atoms with Crippen molar-refractivity contribution in [1.82, 2.24) is 4.98 Å². The van der Waals surface area contributed by atoms with Crippen molar-refractivity contribution < 1.29 is 4.74 Å². The lowest BCUT2D eigenvalue weighted by molar-refractivity contribution is 0.398. The third kappa shape index (κ3) is 3.46. The number of rotatable bonds is 5. The van der Waals surface area contributed by atoms with Gasteiger partial charge in [-0.15, -0.1) is 0 Å². The second-order valence-electron chi connectivity index (χ2n) is 3.95. The van der Waals surface area contributed by atoms with Gasteiger partial charge >= 0.3 is 0 Å². The Morgan fingerprint density at radius 3 is 3.00 bits per heavy atom. The van der Waals surface area contributed by atoms with E-state index < -0.39 is 0 Å². The van der Waals surface area contributed by atoms with Crippen molar-refractivity contribution in [2.24, 2.45) is 0 Å². The Kier molecular flexibility index (Phi) is 3.98. The number of hydrogen-bond donors (Lipinski definition) is 1. The van der Waals surface area contributed by atoms with E-state index in [9.17, 15) is 0 Å². The Morgan fingerprint density at radius 1 is 1.41 bits per heavy atom. The maximum absolute atomic E-state index is 5.09. The second-order valence-corrected chi connectivity index (χ2v) is 4.73. The van der Waals surface area contributed by atoms with Crippen LogP contribution in [0.5, 0.6) is 5.88 Å². The third-order valence-corrected chi connectivity index (χ3v) is 3.18. The number of pyridine rings is 1. The van der Waals surface area contributed by atoms with Crippen molar-refractivity contribution in [3.05, 3.63) is 40.6 Å². The molecule has 2 heterocycles. The molecular formula is C13H16N2OS. The van der Waals surface area contributed by atoms with Gasteiger partial charge in [0.05, 0.1) is 7.11 Å². The van der Waals surface area contributed by atoms with Gasteiger partial charge in [-0.3, -0.25) is 0 Å². The van der Waals surface area contributed by atoms with Gasteiger partial charge < -0.3 is 10.1 Å². The van der Waals surface area contributed by atoms with Crippen LogP contribution in [0.2, 0.25) is 0 Å². The molecule has 0 amide bonds. The van der Waals surface area contributed by atoms with Crippen molar-refractivity contribution in [3.63, 3.8) is 0 Å². The van der Waals surface area contributed by atoms with Crippen LogP contribution in [-0.2, 0) is 6.42 Å². The molecule has 0 aromatic carbocycles. The van der Waals surface area contributed by atoms with Crippen LogP contribution in [0, 0.1) is 0 Å². The molecule has 1 N–H and O–H groups in total. The highest BCUT2D eigenvalue weighted by Crippen LogP contribution is 2.14. The van der Waals surface area contributed by atoms with Crippen LogP contribution in [-0.4, -0.2) is 18.1 Å². The lowest BCUT2D eigenvalue weighted by Gasteiger charge is -2.14. The monoisotopic (exact) mass is 248 g/mol. The van der Waals surface area contributed by atoms with E-state index in [1.807, 2.05) is 18.2 Å². The average molecular weight is 248 g/mol. The Labute approximate surface area is 105 Å². The predicted molar refractivity (Wildman–Crippen MR) is 71.9 cm³/mol. The third-order valence-electron chi connectivity index (χ3n) is 2.45. The Morgan fingerprint density at radius 2 is 2.29 bits per heavy atom. The number of ether oxygens (including phenoxy) is 1. The molecular weight excluding hydrogens is 232 g/mol. The van der Waals surface area contributed by atoms with Crippen LogP contribution < -0.4 is 10.1 Å². The van der Waals surface area contributed by atoms with Crippen LogP contribution in [0.15, 0.2) is 35.0 Å². The minimum absolute atomic E-state index is 0.351. The molecule has 0 aliphatic rings. The van der Waals surface area contributed by atoms with E-state index in [1.165, 1.54) is 5.56 Å². The van der Waals surface area contributed by atoms with Gasteiger partial charge in [-0.05, 0) is 41.8 Å². The van der Waals surface area contributed by atoms with E-state index in [2.05, 4.69) is 34.1 Å². The molecule has 0 fully saturated rings. The molecule has 0 radical (unpaired) electrons. The molecule has 2 rings (SSSR count). The summed E-state index contributed by atoms with van der Waals surface area (Å²) >= 11 is 1.73. The molecule has 0 aliphatic carbocycles. The first kappa shape index (κ1) is 11.9. The zero-order chi connectivity index (χ0) is 12.1. The summed E-state index contributed by atoms with van der Waals surface area (Å²) in [6, 6.07) is 8.23. The molecule has 1 unspecified atom stereocenters. The maximum atomic E-state index is 5.09. The summed E-state index contributed by atoms with van der Waals surface area (Å²) in [7, 11) is 1.63. The normalized spacial score (nSPS) is 12.1. The smallest absolute Gasteiger partial charge is 0.214 e. The fourth-order valence-electron chi connectivity index (χ4n) is 1.67. The summed E-state index contributed by atoms with van der Waals surface area (Å²) in [5.41, 5.74) is 1.36. The first-order valence-corrected chi connectivity index (χ1v) is 6.51. The van der Waals surface area contributed by atoms with E-state index in [-0.39, 0.29) is 0 Å². The molecule has 17 heavy (non-hydrogen) atoms. The number of thiophene rings is 1. The average Bonchev–Trinajstić information content (AvgIpc) is 2.82. The zero-order valence-electron chi connectivity index (χ0n) is 10.0. The summed E-state index contributed by atoms with van der Waals surface area (Å²) in [5, 5.41) is 7.65. The highest BCUT2D eigenvalue weighted by Gasteiger charge is 2.05. The van der Waals surface area contributed by atoms with Crippen molar-refractivity contribution in [1.29, 1.82) is 0 Å². The minimum Gasteiger partial charge on any atom is -0.481 e. The van der Waals surface area contributed by atoms with Crippen molar-refractivity contribution in [2.45, 2.75) is 19.4 Å². The highest BCUT2D eigenvalue weighted by molar-refractivity contribution is 7.07. The first-order chi connectivity index (χ1) is 8.28. The SMILES string of the molecule is COc1cccc(NC(C)Cc2ccsc2)n1. The summed E-state index contributed by atoms with van der Waals surface area (Å²) < 4.78 is 5.09. The largest absolute Gasteiger partial charge is 0.481 e. The van der Waals surface area contributed by atoms with Crippen molar-refractivity contribution >= 4 is 17.2 Å². The van der Waals surface area contributed by atoms with Crippen LogP contribution in [0.4, 0.5) is 5.82 Å². The molecule has 0 saturated heterocycles. The van der Waals surface area contributed by atoms with Gasteiger partial charge in [0.2, 0.25) is 5.88 Å². The summed E-state index contributed by atoms with van der Waals surface area (Å²) in [5.74, 6) is 1.49. The molecule has 3 nitrogen and oxygen atoms in total. The molecule has 90 valence electrons. The lowest BCUT2D eigenvalue weighted by atomic mass is 10.1. The molecule has 2 aromatic rings. The molecule has 0 spiro atoms. The van der Waals surface area contributed by atoms with Crippen LogP contribution in [0.3, 0.4) is 0 Å². The predicted octanol–water partition coefficient (Wildman–Crippen LogP) is 3.19. The van der Waals surface area contributed by atoms with E-state index in [4.69, 9.17) is 4.74 Å². The lowest BCUT2D eigenvalue weighted by Crippen LogP contribution is -2.18. The van der Waals surface area contributed by atoms with Crippen LogP contribution in [0.1, 0.15) is 12.5 Å². The van der Waals surface area contributed by atoms with Crippen LogP contribution in [0.25, 0.3) is 0 Å². The van der Waals surface area contributed by atoms with Gasteiger partial charge in [0.1, 0.15) is 5.82 Å². The molecule has 4 heteroatoms. The minimum atomic E-state index is 0.351. The Bertz CT molecular complexity index is 456. The van der Waals surface area contributed by atoms with E-state index in [0.717, 1.165) is 12.2 Å². The number of nitrogens with one attached hydrogen (secondary N) is 1. The molecule has 0 bridgehead atoms. The Hall–Kier alpha value is -1.55. The second kappa shape index (κ2) is 5.68. The van der Waals surface area contributed by atoms with E-state index in [0.29, 0.717) is 11.9 Å². The fraction of sp³-hybridized carbons (Fsp3) is 0.308. The van der Waals surface area contributed by atoms with Gasteiger partial charge in [0, 0.05) is 12.1 Å². The van der Waals surface area contributed by atoms with Crippen LogP contribution >= 0.6 is 11.3 Å². The molecule has 0 saturated carbocycles. The summed E-state index contributed by atoms with van der Waals surface area (Å²) in [6.07, 6.45) is 1.00. The summed E-state index contributed by atoms with van der Waals surface area (Å²) in [4.78, 5) is 4.33. The van der Waals surface area contributed by atoms with Gasteiger partial charge in [-0.2, -0.15) is 16.3 Å². The van der Waals surface area contributed by atoms with Gasteiger partial charge in [0.15, 0.2) is 0 Å². The van der Waals surface area contributed by atoms with Gasteiger partial charge in [-0.25, -0.2) is 0 Å². The van der Waals surface area contributed by atoms with Crippen molar-refractivity contribution in [3.8, 4) is 5.88 Å². The Balaban J connectivity index is 1.95. The maximum Gasteiger partial charge on any atom is 0.214 e. The number of nitrogens with zero attached hydrogens (tertiary/aromatic N) is 1. The van der Waals surface area contributed by atoms with Crippen molar-refractivity contribution in [2.75, 3.05) is 12.4 Å². The first-order valence-electron chi connectivity index (χ1n) is 5.56. The topological polar surface area (TPSA) is 34.1 Å². The van der Waals surface area contributed by atoms with Gasteiger partial charge in [-0.1, -0.05) is 6.07 Å². The zero-order valence-corrected chi connectivity index (χ0v) is 10.8. The van der Waals surface area contributed by atoms with E-state index in [1.54, 1.807) is 18.4 Å². The number of anilines is 1. The fourth-order valence-corrected chi connectivity index (χ4v) is 2.36. The summed E-state index contributed by atoms with van der Waals surface area (Å²) in [6.45, 7) is 2.15. The molecule has 1 atom stereocenters. The highest BCUT2D eigenvalue weighted by atomic mass is 32.1. The standard InChI is InChI=1S/C13H16N2OS/c1-10(8-11-6-7-17-9-11)14-12-4-3-5-13(15-12)16-2/h3-7,9-10H,8H2,1-2H3,(H,14,15). The number of methoxy groups -OCH3 is 1. The van der Waals surface area contributed by atoms with E-state index >= 15 is 0 Å². The molecule has 2 aromatic heterocycles. The quantitative estimate of drug-likeness (QED) is 0.882. The number of aromatic nitrogens is 1. The molecule has 0 aliphatic heterocycles.